The van der Waals surface area contributed by atoms with Gasteiger partial charge in [-0.05, 0) is 57.4 Å². The van der Waals surface area contributed by atoms with E-state index in [4.69, 9.17) is 0 Å². The van der Waals surface area contributed by atoms with E-state index in [0.29, 0.717) is 18.3 Å². The fourth-order valence-corrected chi connectivity index (χ4v) is 3.86. The van der Waals surface area contributed by atoms with Crippen molar-refractivity contribution in [3.05, 3.63) is 32.6 Å². The lowest BCUT2D eigenvalue weighted by Gasteiger charge is -2.19. The van der Waals surface area contributed by atoms with Crippen molar-refractivity contribution in [1.82, 2.24) is 4.90 Å². The molecule has 0 unspecified atom stereocenters. The molecule has 0 saturated carbocycles. The number of hydrogen-bond donors (Lipinski definition) is 1. The Kier molecular flexibility index (Phi) is 6.44. The zero-order chi connectivity index (χ0) is 19.6. The number of imide groups is 1. The van der Waals surface area contributed by atoms with E-state index in [1.165, 1.54) is 12.1 Å². The Morgan fingerprint density at radius 3 is 2.42 bits per heavy atom. The van der Waals surface area contributed by atoms with E-state index in [1.54, 1.807) is 0 Å². The molecule has 0 radical (unpaired) electrons. The monoisotopic (exact) mass is 451 g/mol. The van der Waals surface area contributed by atoms with Crippen molar-refractivity contribution in [3.8, 4) is 5.75 Å². The van der Waals surface area contributed by atoms with Gasteiger partial charge in [0.05, 0.1) is 14.9 Å². The van der Waals surface area contributed by atoms with Crippen LogP contribution in [0.25, 0.3) is 6.08 Å². The predicted octanol–water partition coefficient (Wildman–Crippen LogP) is 5.65. The molecule has 1 aliphatic heterocycles. The van der Waals surface area contributed by atoms with Gasteiger partial charge in [0.2, 0.25) is 0 Å². The first-order chi connectivity index (χ1) is 12.1. The maximum absolute atomic E-state index is 13.0. The van der Waals surface area contributed by atoms with Gasteiger partial charge in [0.25, 0.3) is 11.1 Å². The van der Waals surface area contributed by atoms with Gasteiger partial charge in [-0.2, -0.15) is 13.2 Å². The highest BCUT2D eigenvalue weighted by Crippen LogP contribution is 2.41. The first-order valence-electron chi connectivity index (χ1n) is 7.93. The second kappa shape index (κ2) is 8.04. The van der Waals surface area contributed by atoms with Gasteiger partial charge in [-0.15, -0.1) is 0 Å². The summed E-state index contributed by atoms with van der Waals surface area (Å²) in [7, 11) is 0. The van der Waals surface area contributed by atoms with Crippen LogP contribution in [0.2, 0.25) is 0 Å². The molecule has 2 amide bonds. The summed E-state index contributed by atoms with van der Waals surface area (Å²) in [5.41, 5.74) is -1.15. The van der Waals surface area contributed by atoms with Gasteiger partial charge < -0.3 is 5.11 Å². The number of thioether (sulfide) groups is 1. The van der Waals surface area contributed by atoms with E-state index in [2.05, 4.69) is 15.9 Å². The molecule has 0 aromatic heterocycles. The van der Waals surface area contributed by atoms with Crippen LogP contribution >= 0.6 is 27.7 Å². The third-order valence-corrected chi connectivity index (χ3v) is 5.67. The molecule has 0 aliphatic carbocycles. The average Bonchev–Trinajstić information content (AvgIpc) is 2.81. The fraction of sp³-hybridized carbons (Fsp3) is 0.412. The van der Waals surface area contributed by atoms with Crippen LogP contribution in [0.15, 0.2) is 21.5 Å². The molecule has 0 spiro atoms. The number of phenolic OH excluding ortho intramolecular Hbond substituents is 1. The number of halogens is 4. The number of carbonyl (C=O) groups excluding carboxylic acids is 2. The number of rotatable bonds is 5. The van der Waals surface area contributed by atoms with Crippen LogP contribution in [0.3, 0.4) is 0 Å². The summed E-state index contributed by atoms with van der Waals surface area (Å²) in [5.74, 6) is -1.25. The van der Waals surface area contributed by atoms with Gasteiger partial charge in [-0.3, -0.25) is 14.5 Å². The second-order valence-electron chi connectivity index (χ2n) is 5.87. The lowest BCUT2D eigenvalue weighted by atomic mass is 10.0. The van der Waals surface area contributed by atoms with Crippen molar-refractivity contribution < 1.29 is 27.9 Å². The third kappa shape index (κ3) is 4.43. The van der Waals surface area contributed by atoms with Crippen LogP contribution in [-0.4, -0.2) is 27.7 Å². The van der Waals surface area contributed by atoms with Crippen LogP contribution in [0, 0.1) is 5.92 Å². The molecule has 1 aromatic rings. The summed E-state index contributed by atoms with van der Waals surface area (Å²) < 4.78 is 38.9. The number of hydrogen-bond acceptors (Lipinski definition) is 4. The number of nitrogens with zero attached hydrogens (tertiary/aromatic N) is 1. The summed E-state index contributed by atoms with van der Waals surface area (Å²) in [6.45, 7) is 4.23. The molecule has 1 aromatic carbocycles. The Bertz CT molecular complexity index is 760. The summed E-state index contributed by atoms with van der Waals surface area (Å²) in [5, 5.41) is 9.16. The SMILES string of the molecule is CCC(CC)CN1C(=O)S/C(=C\c2cc(Br)c(O)c(C(F)(F)F)c2)C1=O. The number of aromatic hydroxyl groups is 1. The number of phenols is 1. The van der Waals surface area contributed by atoms with Crippen molar-refractivity contribution in [3.63, 3.8) is 0 Å². The summed E-state index contributed by atoms with van der Waals surface area (Å²) >= 11 is 3.58. The molecule has 2 rings (SSSR count). The molecule has 4 nitrogen and oxygen atoms in total. The molecule has 1 heterocycles. The zero-order valence-corrected chi connectivity index (χ0v) is 16.5. The highest BCUT2D eigenvalue weighted by Gasteiger charge is 2.37. The predicted molar refractivity (Wildman–Crippen MR) is 97.6 cm³/mol. The Morgan fingerprint density at radius 2 is 1.88 bits per heavy atom. The van der Waals surface area contributed by atoms with Gasteiger partial charge in [0, 0.05) is 6.54 Å². The minimum atomic E-state index is -4.74. The number of alkyl halides is 3. The van der Waals surface area contributed by atoms with E-state index in [1.807, 2.05) is 13.8 Å². The molecular weight excluding hydrogens is 435 g/mol. The molecule has 1 N–H and O–H groups in total. The second-order valence-corrected chi connectivity index (χ2v) is 7.72. The average molecular weight is 452 g/mol. The standard InChI is InChI=1S/C17H17BrF3NO3S/c1-3-9(4-2)8-22-15(24)13(26-16(22)25)7-10-5-11(17(19,20)21)14(23)12(18)6-10/h5-7,9,23H,3-4,8H2,1-2H3/b13-7-. The molecule has 142 valence electrons. The number of benzene rings is 1. The maximum atomic E-state index is 13.0. The number of amides is 2. The molecule has 0 atom stereocenters. The summed E-state index contributed by atoms with van der Waals surface area (Å²) in [6.07, 6.45) is -1.88. The molecule has 26 heavy (non-hydrogen) atoms. The Hall–Kier alpha value is -1.48. The van der Waals surface area contributed by atoms with Crippen LogP contribution in [-0.2, 0) is 11.0 Å². The lowest BCUT2D eigenvalue weighted by Crippen LogP contribution is -2.33. The topological polar surface area (TPSA) is 57.6 Å². The van der Waals surface area contributed by atoms with E-state index in [9.17, 15) is 27.9 Å². The van der Waals surface area contributed by atoms with Gasteiger partial charge >= 0.3 is 6.18 Å². The zero-order valence-electron chi connectivity index (χ0n) is 14.1. The molecule has 1 saturated heterocycles. The minimum absolute atomic E-state index is 0.0617. The highest BCUT2D eigenvalue weighted by molar-refractivity contribution is 9.10. The van der Waals surface area contributed by atoms with E-state index >= 15 is 0 Å². The van der Waals surface area contributed by atoms with Crippen LogP contribution < -0.4 is 0 Å². The first-order valence-corrected chi connectivity index (χ1v) is 9.54. The quantitative estimate of drug-likeness (QED) is 0.587. The summed E-state index contributed by atoms with van der Waals surface area (Å²) in [6, 6.07) is 2.01. The largest absolute Gasteiger partial charge is 0.506 e. The molecule has 9 heteroatoms. The van der Waals surface area contributed by atoms with Gasteiger partial charge in [-0.25, -0.2) is 0 Å². The lowest BCUT2D eigenvalue weighted by molar-refractivity contribution is -0.138. The van der Waals surface area contributed by atoms with E-state index in [0.717, 1.165) is 23.8 Å². The fourth-order valence-electron chi connectivity index (χ4n) is 2.53. The molecule has 1 aliphatic rings. The van der Waals surface area contributed by atoms with E-state index in [-0.39, 0.29) is 20.9 Å². The van der Waals surface area contributed by atoms with Crippen LogP contribution in [0.4, 0.5) is 18.0 Å². The third-order valence-electron chi connectivity index (χ3n) is 4.16. The smallest absolute Gasteiger partial charge is 0.420 e. The Labute approximate surface area is 161 Å². The van der Waals surface area contributed by atoms with Crippen molar-refractivity contribution in [1.29, 1.82) is 0 Å². The summed E-state index contributed by atoms with van der Waals surface area (Å²) in [4.78, 5) is 25.7. The van der Waals surface area contributed by atoms with Gasteiger partial charge in [-0.1, -0.05) is 26.7 Å². The molecule has 0 bridgehead atoms. The van der Waals surface area contributed by atoms with E-state index < -0.39 is 28.6 Å². The molecular formula is C17H17BrF3NO3S. The Balaban J connectivity index is 2.35. The van der Waals surface area contributed by atoms with Gasteiger partial charge in [0.15, 0.2) is 0 Å². The Morgan fingerprint density at radius 1 is 1.27 bits per heavy atom. The van der Waals surface area contributed by atoms with Crippen molar-refractivity contribution in [2.75, 3.05) is 6.54 Å². The normalized spacial score (nSPS) is 17.0. The van der Waals surface area contributed by atoms with Crippen molar-refractivity contribution >= 4 is 44.9 Å². The van der Waals surface area contributed by atoms with Crippen molar-refractivity contribution in [2.45, 2.75) is 32.9 Å². The van der Waals surface area contributed by atoms with Crippen LogP contribution in [0.1, 0.15) is 37.8 Å². The minimum Gasteiger partial charge on any atom is -0.506 e. The van der Waals surface area contributed by atoms with Crippen LogP contribution in [0.5, 0.6) is 5.75 Å². The highest BCUT2D eigenvalue weighted by atomic mass is 79.9. The van der Waals surface area contributed by atoms with Crippen molar-refractivity contribution in [2.24, 2.45) is 5.92 Å². The van der Waals surface area contributed by atoms with Gasteiger partial charge in [0.1, 0.15) is 5.75 Å². The molecule has 1 fully saturated rings. The first kappa shape index (κ1) is 20.8. The maximum Gasteiger partial charge on any atom is 0.420 e. The number of carbonyl (C=O) groups is 2.